The number of thioether (sulfide) groups is 1. The van der Waals surface area contributed by atoms with E-state index in [1.54, 1.807) is 26.0 Å². The van der Waals surface area contributed by atoms with Crippen molar-refractivity contribution in [2.24, 2.45) is 5.92 Å². The zero-order valence-electron chi connectivity index (χ0n) is 9.64. The van der Waals surface area contributed by atoms with Crippen molar-refractivity contribution < 1.29 is 14.7 Å². The Bertz CT molecular complexity index is 404. The number of nitrogens with zero attached hydrogens (tertiary/aromatic N) is 1. The van der Waals surface area contributed by atoms with E-state index in [2.05, 4.69) is 10.3 Å². The molecule has 92 valence electrons. The van der Waals surface area contributed by atoms with Crippen molar-refractivity contribution in [1.82, 2.24) is 4.98 Å². The standard InChI is InChI=1S/C11H14N2O3S/c1-7(2)11(16)13-8-3-4-9(12-5-8)17-6-10(14)15/h3-5,7H,6H2,1-2H3,(H,13,16)(H,14,15). The lowest BCUT2D eigenvalue weighted by atomic mass is 10.2. The van der Waals surface area contributed by atoms with Crippen LogP contribution < -0.4 is 5.32 Å². The first-order valence-corrected chi connectivity index (χ1v) is 6.09. The predicted octanol–water partition coefficient (Wildman–Crippen LogP) is 1.85. The third-order valence-corrected chi connectivity index (χ3v) is 2.80. The van der Waals surface area contributed by atoms with Crippen LogP contribution in [0.5, 0.6) is 0 Å². The summed E-state index contributed by atoms with van der Waals surface area (Å²) in [5.74, 6) is -1.06. The van der Waals surface area contributed by atoms with Gasteiger partial charge < -0.3 is 10.4 Å². The maximum atomic E-state index is 11.4. The number of anilines is 1. The number of amides is 1. The smallest absolute Gasteiger partial charge is 0.313 e. The number of carboxylic acids is 1. The third-order valence-electron chi connectivity index (χ3n) is 1.87. The summed E-state index contributed by atoms with van der Waals surface area (Å²) in [7, 11) is 0. The van der Waals surface area contributed by atoms with Gasteiger partial charge >= 0.3 is 5.97 Å². The maximum Gasteiger partial charge on any atom is 0.313 e. The molecular formula is C11H14N2O3S. The van der Waals surface area contributed by atoms with Gasteiger partial charge in [0.25, 0.3) is 0 Å². The molecule has 0 fully saturated rings. The van der Waals surface area contributed by atoms with Crippen LogP contribution in [0, 0.1) is 5.92 Å². The summed E-state index contributed by atoms with van der Waals surface area (Å²) >= 11 is 1.14. The van der Waals surface area contributed by atoms with Gasteiger partial charge in [-0.05, 0) is 12.1 Å². The quantitative estimate of drug-likeness (QED) is 0.784. The average Bonchev–Trinajstić information content (AvgIpc) is 2.28. The van der Waals surface area contributed by atoms with Crippen molar-refractivity contribution >= 4 is 29.3 Å². The lowest BCUT2D eigenvalue weighted by molar-refractivity contribution is -0.133. The summed E-state index contributed by atoms with van der Waals surface area (Å²) < 4.78 is 0. The van der Waals surface area contributed by atoms with Crippen LogP contribution in [0.1, 0.15) is 13.8 Å². The van der Waals surface area contributed by atoms with Crippen molar-refractivity contribution in [1.29, 1.82) is 0 Å². The molecule has 0 aliphatic carbocycles. The van der Waals surface area contributed by atoms with E-state index in [4.69, 9.17) is 5.11 Å². The first-order valence-electron chi connectivity index (χ1n) is 5.10. The molecule has 0 saturated heterocycles. The topological polar surface area (TPSA) is 79.3 Å². The molecule has 0 atom stereocenters. The van der Waals surface area contributed by atoms with Crippen molar-refractivity contribution in [2.45, 2.75) is 18.9 Å². The van der Waals surface area contributed by atoms with Gasteiger partial charge in [-0.25, -0.2) is 4.98 Å². The summed E-state index contributed by atoms with van der Waals surface area (Å²) in [5, 5.41) is 11.8. The molecule has 0 unspecified atom stereocenters. The molecule has 0 radical (unpaired) electrons. The minimum absolute atomic E-state index is 0.0231. The van der Waals surface area contributed by atoms with Crippen LogP contribution in [-0.4, -0.2) is 27.7 Å². The molecule has 1 amide bonds. The summed E-state index contributed by atoms with van der Waals surface area (Å²) in [4.78, 5) is 25.8. The Balaban J connectivity index is 2.56. The monoisotopic (exact) mass is 254 g/mol. The molecule has 6 heteroatoms. The van der Waals surface area contributed by atoms with Gasteiger partial charge in [-0.1, -0.05) is 25.6 Å². The van der Waals surface area contributed by atoms with Gasteiger partial charge in [-0.15, -0.1) is 0 Å². The lowest BCUT2D eigenvalue weighted by Gasteiger charge is -2.07. The molecular weight excluding hydrogens is 240 g/mol. The number of hydrogen-bond donors (Lipinski definition) is 2. The van der Waals surface area contributed by atoms with E-state index in [1.807, 2.05) is 0 Å². The number of rotatable bonds is 5. The second-order valence-corrected chi connectivity index (χ2v) is 4.71. The number of carbonyl (C=O) groups excluding carboxylic acids is 1. The second-order valence-electron chi connectivity index (χ2n) is 3.71. The highest BCUT2D eigenvalue weighted by Crippen LogP contribution is 2.17. The Hall–Kier alpha value is -1.56. The fraction of sp³-hybridized carbons (Fsp3) is 0.364. The Morgan fingerprint density at radius 1 is 1.47 bits per heavy atom. The molecule has 0 spiro atoms. The van der Waals surface area contributed by atoms with Gasteiger partial charge in [0, 0.05) is 5.92 Å². The van der Waals surface area contributed by atoms with Gasteiger partial charge in [-0.3, -0.25) is 9.59 Å². The summed E-state index contributed by atoms with van der Waals surface area (Å²) in [5.41, 5.74) is 0.614. The van der Waals surface area contributed by atoms with E-state index >= 15 is 0 Å². The maximum absolute atomic E-state index is 11.4. The van der Waals surface area contributed by atoms with Crippen LogP contribution in [0.15, 0.2) is 23.4 Å². The zero-order valence-corrected chi connectivity index (χ0v) is 10.5. The van der Waals surface area contributed by atoms with Crippen LogP contribution >= 0.6 is 11.8 Å². The van der Waals surface area contributed by atoms with Crippen LogP contribution in [0.2, 0.25) is 0 Å². The Kier molecular flexibility index (Phi) is 4.96. The average molecular weight is 254 g/mol. The fourth-order valence-electron chi connectivity index (χ4n) is 0.962. The van der Waals surface area contributed by atoms with Crippen molar-refractivity contribution in [3.05, 3.63) is 18.3 Å². The Morgan fingerprint density at radius 3 is 2.65 bits per heavy atom. The van der Waals surface area contributed by atoms with Crippen LogP contribution in [-0.2, 0) is 9.59 Å². The molecule has 0 bridgehead atoms. The molecule has 1 heterocycles. The normalized spacial score (nSPS) is 10.3. The Morgan fingerprint density at radius 2 is 2.18 bits per heavy atom. The molecule has 0 saturated carbocycles. The highest BCUT2D eigenvalue weighted by Gasteiger charge is 2.07. The van der Waals surface area contributed by atoms with Gasteiger partial charge in [0.05, 0.1) is 22.7 Å². The SMILES string of the molecule is CC(C)C(=O)Nc1ccc(SCC(=O)O)nc1. The summed E-state index contributed by atoms with van der Waals surface area (Å²) in [6.45, 7) is 3.61. The van der Waals surface area contributed by atoms with Crippen LogP contribution in [0.3, 0.4) is 0 Å². The number of pyridine rings is 1. The van der Waals surface area contributed by atoms with Crippen LogP contribution in [0.25, 0.3) is 0 Å². The molecule has 2 N–H and O–H groups in total. The predicted molar refractivity (Wildman–Crippen MR) is 66.1 cm³/mol. The Labute approximate surface area is 104 Å². The van der Waals surface area contributed by atoms with Gasteiger partial charge in [0.15, 0.2) is 0 Å². The van der Waals surface area contributed by atoms with Crippen molar-refractivity contribution in [2.75, 3.05) is 11.1 Å². The molecule has 0 aliphatic heterocycles. The largest absolute Gasteiger partial charge is 0.481 e. The van der Waals surface area contributed by atoms with Gasteiger partial charge in [0.2, 0.25) is 5.91 Å². The number of aliphatic carboxylic acids is 1. The number of carboxylic acid groups (broad SMARTS) is 1. The molecule has 0 aliphatic rings. The highest BCUT2D eigenvalue weighted by atomic mass is 32.2. The van der Waals surface area contributed by atoms with Gasteiger partial charge in [0.1, 0.15) is 0 Å². The number of nitrogens with one attached hydrogen (secondary N) is 1. The van der Waals surface area contributed by atoms with E-state index in [9.17, 15) is 9.59 Å². The van der Waals surface area contributed by atoms with Crippen molar-refractivity contribution in [3.63, 3.8) is 0 Å². The number of carbonyl (C=O) groups is 2. The van der Waals surface area contributed by atoms with E-state index in [0.29, 0.717) is 10.7 Å². The molecule has 5 nitrogen and oxygen atoms in total. The van der Waals surface area contributed by atoms with Crippen LogP contribution in [0.4, 0.5) is 5.69 Å². The van der Waals surface area contributed by atoms with E-state index in [1.165, 1.54) is 6.20 Å². The molecule has 17 heavy (non-hydrogen) atoms. The zero-order chi connectivity index (χ0) is 12.8. The summed E-state index contributed by atoms with van der Waals surface area (Å²) in [6.07, 6.45) is 1.52. The van der Waals surface area contributed by atoms with E-state index in [-0.39, 0.29) is 17.6 Å². The first-order chi connectivity index (χ1) is 7.99. The fourth-order valence-corrected chi connectivity index (χ4v) is 1.52. The third kappa shape index (κ3) is 4.86. The van der Waals surface area contributed by atoms with Gasteiger partial charge in [-0.2, -0.15) is 0 Å². The summed E-state index contributed by atoms with van der Waals surface area (Å²) in [6, 6.07) is 3.39. The highest BCUT2D eigenvalue weighted by molar-refractivity contribution is 7.99. The first kappa shape index (κ1) is 13.5. The minimum Gasteiger partial charge on any atom is -0.481 e. The molecule has 1 rings (SSSR count). The lowest BCUT2D eigenvalue weighted by Crippen LogP contribution is -2.17. The second kappa shape index (κ2) is 6.24. The molecule has 0 aromatic carbocycles. The number of hydrogen-bond acceptors (Lipinski definition) is 4. The number of aromatic nitrogens is 1. The molecule has 1 aromatic heterocycles. The molecule has 1 aromatic rings. The minimum atomic E-state index is -0.881. The van der Waals surface area contributed by atoms with E-state index < -0.39 is 5.97 Å². The van der Waals surface area contributed by atoms with E-state index in [0.717, 1.165) is 11.8 Å². The van der Waals surface area contributed by atoms with Crippen molar-refractivity contribution in [3.8, 4) is 0 Å².